The molecule has 0 spiro atoms. The van der Waals surface area contributed by atoms with E-state index in [-0.39, 0.29) is 29.2 Å². The summed E-state index contributed by atoms with van der Waals surface area (Å²) in [6, 6.07) is 8.41. The predicted octanol–water partition coefficient (Wildman–Crippen LogP) is 3.50. The number of hydrogen-bond acceptors (Lipinski definition) is 4. The summed E-state index contributed by atoms with van der Waals surface area (Å²) in [5.41, 5.74) is 0.0488. The van der Waals surface area contributed by atoms with Gasteiger partial charge in [-0.25, -0.2) is 17.5 Å². The Morgan fingerprint density at radius 3 is 2.33 bits per heavy atom. The molecule has 1 saturated heterocycles. The number of nitrogens with zero attached hydrogens (tertiary/aromatic N) is 3. The smallest absolute Gasteiger partial charge is 0.332 e. The monoisotopic (exact) mass is 482 g/mol. The molecule has 4 rings (SSSR count). The number of likely N-dealkylation sites (tertiary alicyclic amines) is 1. The molecule has 2 aromatic carbocycles. The van der Waals surface area contributed by atoms with Crippen LogP contribution in [0.25, 0.3) is 22.2 Å². The summed E-state index contributed by atoms with van der Waals surface area (Å²) in [5.74, 6) is -1.98. The van der Waals surface area contributed by atoms with E-state index in [1.807, 2.05) is 0 Å². The molecule has 0 bridgehead atoms. The van der Waals surface area contributed by atoms with Crippen molar-refractivity contribution < 1.29 is 30.8 Å². The van der Waals surface area contributed by atoms with E-state index < -0.39 is 39.5 Å². The Bertz CT molecular complexity index is 1360. The molecular weight excluding hydrogens is 464 g/mol. The zero-order chi connectivity index (χ0) is 24.1. The van der Waals surface area contributed by atoms with E-state index in [2.05, 4.69) is 16.4 Å². The van der Waals surface area contributed by atoms with Gasteiger partial charge in [-0.1, -0.05) is 30.8 Å². The fourth-order valence-corrected chi connectivity index (χ4v) is 4.67. The van der Waals surface area contributed by atoms with Gasteiger partial charge in [-0.3, -0.25) is 9.48 Å². The van der Waals surface area contributed by atoms with Gasteiger partial charge in [-0.05, 0) is 25.2 Å². The highest BCUT2D eigenvalue weighted by Crippen LogP contribution is 2.37. The van der Waals surface area contributed by atoms with E-state index in [4.69, 9.17) is 0 Å². The molecule has 1 N–H and O–H groups in total. The standard InChI is InChI=1S/C21H18F4N4O3S/c1-12(22)20(30)28-10-15(11-28)29-19-16(4-3-5-17(19)33(31,32)26-2)18(27-29)13-6-8-14(9-7-13)21(23,24)25/h3-9,15,26H,1,10-11H2,2H3. The number of amides is 1. The molecular formula is C21H18F4N4O3S. The number of sulfonamides is 1. The molecule has 1 fully saturated rings. The van der Waals surface area contributed by atoms with Crippen LogP contribution in [0.15, 0.2) is 59.8 Å². The van der Waals surface area contributed by atoms with Crippen LogP contribution >= 0.6 is 0 Å². The summed E-state index contributed by atoms with van der Waals surface area (Å²) in [4.78, 5) is 12.9. The average molecular weight is 482 g/mol. The van der Waals surface area contributed by atoms with Crippen LogP contribution in [0.5, 0.6) is 0 Å². The third-order valence-electron chi connectivity index (χ3n) is 5.46. The molecule has 174 valence electrons. The SMILES string of the molecule is C=C(F)C(=O)N1CC(n2nc(-c3ccc(C(F)(F)F)cc3)c3cccc(S(=O)(=O)NC)c32)C1. The van der Waals surface area contributed by atoms with Crippen LogP contribution < -0.4 is 4.72 Å². The maximum absolute atomic E-state index is 13.2. The van der Waals surface area contributed by atoms with Crippen LogP contribution in [0, 0.1) is 0 Å². The van der Waals surface area contributed by atoms with Crippen LogP contribution in [0.1, 0.15) is 11.6 Å². The number of carbonyl (C=O) groups excluding carboxylic acids is 1. The first kappa shape index (κ1) is 22.9. The number of fused-ring (bicyclic) bond motifs is 1. The van der Waals surface area contributed by atoms with E-state index in [1.54, 1.807) is 6.07 Å². The van der Waals surface area contributed by atoms with Crippen LogP contribution in [-0.2, 0) is 21.0 Å². The Morgan fingerprint density at radius 2 is 1.79 bits per heavy atom. The van der Waals surface area contributed by atoms with Gasteiger partial charge in [0.1, 0.15) is 10.6 Å². The quantitative estimate of drug-likeness (QED) is 0.446. The maximum Gasteiger partial charge on any atom is 0.416 e. The van der Waals surface area contributed by atoms with Gasteiger partial charge in [0, 0.05) is 24.0 Å². The van der Waals surface area contributed by atoms with Crippen molar-refractivity contribution in [1.29, 1.82) is 0 Å². The molecule has 2 heterocycles. The Balaban J connectivity index is 1.86. The molecule has 12 heteroatoms. The van der Waals surface area contributed by atoms with Crippen LogP contribution in [0.3, 0.4) is 0 Å². The predicted molar refractivity (Wildman–Crippen MR) is 112 cm³/mol. The van der Waals surface area contributed by atoms with Gasteiger partial charge >= 0.3 is 6.18 Å². The molecule has 1 aromatic heterocycles. The van der Waals surface area contributed by atoms with Crippen molar-refractivity contribution in [3.63, 3.8) is 0 Å². The van der Waals surface area contributed by atoms with E-state index in [0.717, 1.165) is 12.1 Å². The van der Waals surface area contributed by atoms with E-state index in [1.165, 1.54) is 40.9 Å². The van der Waals surface area contributed by atoms with Gasteiger partial charge < -0.3 is 4.90 Å². The number of halogens is 4. The first-order valence-corrected chi connectivity index (χ1v) is 11.2. The number of alkyl halides is 3. The highest BCUT2D eigenvalue weighted by Gasteiger charge is 2.36. The van der Waals surface area contributed by atoms with Gasteiger partial charge in [0.05, 0.1) is 17.1 Å². The second-order valence-corrected chi connectivity index (χ2v) is 9.35. The van der Waals surface area contributed by atoms with Crippen LogP contribution in [-0.4, -0.2) is 49.1 Å². The summed E-state index contributed by atoms with van der Waals surface area (Å²) in [7, 11) is -2.67. The van der Waals surface area contributed by atoms with Gasteiger partial charge in [0.2, 0.25) is 10.0 Å². The van der Waals surface area contributed by atoms with Crippen molar-refractivity contribution in [1.82, 2.24) is 19.4 Å². The number of aromatic nitrogens is 2. The largest absolute Gasteiger partial charge is 0.416 e. The van der Waals surface area contributed by atoms with Crippen molar-refractivity contribution >= 4 is 26.8 Å². The maximum atomic E-state index is 13.2. The molecule has 1 aliphatic rings. The van der Waals surface area contributed by atoms with Crippen molar-refractivity contribution in [2.45, 2.75) is 17.1 Å². The zero-order valence-electron chi connectivity index (χ0n) is 17.2. The Labute approximate surface area is 186 Å². The molecule has 0 unspecified atom stereocenters. The normalized spacial score (nSPS) is 15.0. The first-order valence-electron chi connectivity index (χ1n) is 9.70. The second-order valence-electron chi connectivity index (χ2n) is 7.50. The Kier molecular flexibility index (Phi) is 5.53. The van der Waals surface area contributed by atoms with E-state index in [9.17, 15) is 30.8 Å². The lowest BCUT2D eigenvalue weighted by Crippen LogP contribution is -2.51. The third kappa shape index (κ3) is 4.00. The molecule has 1 amide bonds. The summed E-state index contributed by atoms with van der Waals surface area (Å²) >= 11 is 0. The highest BCUT2D eigenvalue weighted by atomic mass is 32.2. The van der Waals surface area contributed by atoms with Crippen molar-refractivity contribution in [3.05, 3.63) is 60.4 Å². The van der Waals surface area contributed by atoms with Crippen LogP contribution in [0.4, 0.5) is 17.6 Å². The fourth-order valence-electron chi connectivity index (χ4n) is 3.73. The van der Waals surface area contributed by atoms with E-state index >= 15 is 0 Å². The van der Waals surface area contributed by atoms with Gasteiger partial charge in [-0.15, -0.1) is 0 Å². The van der Waals surface area contributed by atoms with Crippen LogP contribution in [0.2, 0.25) is 0 Å². The molecule has 33 heavy (non-hydrogen) atoms. The van der Waals surface area contributed by atoms with Gasteiger partial charge in [0.25, 0.3) is 5.91 Å². The summed E-state index contributed by atoms with van der Waals surface area (Å²) in [5, 5.41) is 4.92. The van der Waals surface area contributed by atoms with Gasteiger partial charge in [0.15, 0.2) is 5.83 Å². The highest BCUT2D eigenvalue weighted by molar-refractivity contribution is 7.89. The molecule has 3 aromatic rings. The third-order valence-corrected chi connectivity index (χ3v) is 6.91. The summed E-state index contributed by atoms with van der Waals surface area (Å²) in [6.45, 7) is 3.12. The lowest BCUT2D eigenvalue weighted by Gasteiger charge is -2.39. The number of hydrogen-bond donors (Lipinski definition) is 1. The summed E-state index contributed by atoms with van der Waals surface area (Å²) < 4.78 is 81.1. The van der Waals surface area contributed by atoms with E-state index in [0.29, 0.717) is 10.9 Å². The molecule has 0 aliphatic carbocycles. The average Bonchev–Trinajstić information content (AvgIpc) is 3.11. The number of carbonyl (C=O) groups is 1. The lowest BCUT2D eigenvalue weighted by molar-refractivity contribution is -0.137. The molecule has 0 saturated carbocycles. The molecule has 1 aliphatic heterocycles. The Hall–Kier alpha value is -3.25. The molecule has 7 nitrogen and oxygen atoms in total. The minimum absolute atomic E-state index is 0.0684. The molecule has 0 atom stereocenters. The molecule has 0 radical (unpaired) electrons. The topological polar surface area (TPSA) is 84.3 Å². The number of para-hydroxylation sites is 1. The fraction of sp³-hybridized carbons (Fsp3) is 0.238. The zero-order valence-corrected chi connectivity index (χ0v) is 18.0. The minimum atomic E-state index is -4.50. The lowest BCUT2D eigenvalue weighted by atomic mass is 10.1. The first-order chi connectivity index (χ1) is 15.4. The van der Waals surface area contributed by atoms with Crippen molar-refractivity contribution in [2.24, 2.45) is 0 Å². The van der Waals surface area contributed by atoms with Crippen molar-refractivity contribution in [3.8, 4) is 11.3 Å². The number of benzene rings is 2. The second kappa shape index (κ2) is 7.96. The van der Waals surface area contributed by atoms with Crippen molar-refractivity contribution in [2.75, 3.05) is 20.1 Å². The summed E-state index contributed by atoms with van der Waals surface area (Å²) in [6.07, 6.45) is -4.50. The minimum Gasteiger partial charge on any atom is -0.332 e. The number of rotatable bonds is 5. The van der Waals surface area contributed by atoms with Gasteiger partial charge in [-0.2, -0.15) is 18.3 Å². The Morgan fingerprint density at radius 1 is 1.15 bits per heavy atom. The number of nitrogens with one attached hydrogen (secondary N) is 1.